The monoisotopic (exact) mass is 278 g/mol. The van der Waals surface area contributed by atoms with E-state index in [1.54, 1.807) is 4.90 Å². The van der Waals surface area contributed by atoms with Gasteiger partial charge in [0.2, 0.25) is 0 Å². The van der Waals surface area contributed by atoms with Crippen molar-refractivity contribution in [1.82, 2.24) is 9.88 Å². The summed E-state index contributed by atoms with van der Waals surface area (Å²) in [5.74, 6) is 0.685. The van der Waals surface area contributed by atoms with Gasteiger partial charge in [-0.25, -0.2) is 0 Å². The molecule has 1 aliphatic heterocycles. The Morgan fingerprint density at radius 1 is 1.45 bits per heavy atom. The van der Waals surface area contributed by atoms with Crippen molar-refractivity contribution < 1.29 is 9.72 Å². The molecule has 7 nitrogen and oxygen atoms in total. The normalized spacial score (nSPS) is 29.2. The standard InChI is InChI=1S/C13H18N4O3/c14-11-3-1-2-8-6-16(7-10(8)11)13(18)12-4-9(5-15-12)17(19)20/h4-5,8,10-11,15H,1-3,6-7,14H2. The first-order valence-corrected chi connectivity index (χ1v) is 6.94. The largest absolute Gasteiger partial charge is 0.351 e. The Labute approximate surface area is 116 Å². The Kier molecular flexibility index (Phi) is 3.21. The lowest BCUT2D eigenvalue weighted by molar-refractivity contribution is -0.384. The maximum absolute atomic E-state index is 12.4. The van der Waals surface area contributed by atoms with E-state index < -0.39 is 4.92 Å². The number of nitro groups is 1. The third-order valence-corrected chi connectivity index (χ3v) is 4.55. The number of nitrogens with one attached hydrogen (secondary N) is 1. The van der Waals surface area contributed by atoms with Crippen molar-refractivity contribution in [3.8, 4) is 0 Å². The first-order valence-electron chi connectivity index (χ1n) is 6.94. The van der Waals surface area contributed by atoms with Crippen molar-refractivity contribution in [1.29, 1.82) is 0 Å². The van der Waals surface area contributed by atoms with Gasteiger partial charge in [-0.1, -0.05) is 6.42 Å². The van der Waals surface area contributed by atoms with Crippen LogP contribution in [0.3, 0.4) is 0 Å². The predicted octanol–water partition coefficient (Wildman–Crippen LogP) is 1.12. The summed E-state index contributed by atoms with van der Waals surface area (Å²) in [6, 6.07) is 1.47. The molecule has 1 aliphatic carbocycles. The third-order valence-electron chi connectivity index (χ3n) is 4.55. The van der Waals surface area contributed by atoms with Crippen LogP contribution in [-0.4, -0.2) is 39.8 Å². The van der Waals surface area contributed by atoms with Gasteiger partial charge in [-0.05, 0) is 24.7 Å². The highest BCUT2D eigenvalue weighted by Gasteiger charge is 2.40. The minimum absolute atomic E-state index is 0.0818. The van der Waals surface area contributed by atoms with E-state index in [1.165, 1.54) is 12.3 Å². The lowest BCUT2D eigenvalue weighted by Gasteiger charge is -2.29. The van der Waals surface area contributed by atoms with Crippen LogP contribution in [0.15, 0.2) is 12.3 Å². The second-order valence-corrected chi connectivity index (χ2v) is 5.76. The maximum Gasteiger partial charge on any atom is 0.287 e. The molecule has 2 aliphatic rings. The fourth-order valence-corrected chi connectivity index (χ4v) is 3.46. The zero-order chi connectivity index (χ0) is 14.3. The molecule has 3 unspecified atom stereocenters. The number of nitrogens with zero attached hydrogens (tertiary/aromatic N) is 2. The number of aromatic amines is 1. The second-order valence-electron chi connectivity index (χ2n) is 5.76. The number of likely N-dealkylation sites (tertiary alicyclic amines) is 1. The molecule has 3 N–H and O–H groups in total. The Bertz CT molecular complexity index is 541. The van der Waals surface area contributed by atoms with Gasteiger partial charge in [0.1, 0.15) is 5.69 Å². The van der Waals surface area contributed by atoms with Gasteiger partial charge in [0.15, 0.2) is 0 Å². The van der Waals surface area contributed by atoms with Crippen molar-refractivity contribution in [2.24, 2.45) is 17.6 Å². The number of hydrogen-bond donors (Lipinski definition) is 2. The lowest BCUT2D eigenvalue weighted by Crippen LogP contribution is -2.38. The summed E-state index contributed by atoms with van der Waals surface area (Å²) in [4.78, 5) is 27.0. The molecular weight excluding hydrogens is 260 g/mol. The molecule has 1 saturated heterocycles. The summed E-state index contributed by atoms with van der Waals surface area (Å²) in [5.41, 5.74) is 6.33. The summed E-state index contributed by atoms with van der Waals surface area (Å²) < 4.78 is 0. The van der Waals surface area contributed by atoms with Crippen molar-refractivity contribution in [2.45, 2.75) is 25.3 Å². The van der Waals surface area contributed by atoms with E-state index in [-0.39, 0.29) is 23.3 Å². The zero-order valence-electron chi connectivity index (χ0n) is 11.1. The van der Waals surface area contributed by atoms with E-state index >= 15 is 0 Å². The molecule has 0 radical (unpaired) electrons. The molecule has 108 valence electrons. The minimum atomic E-state index is -0.507. The van der Waals surface area contributed by atoms with E-state index in [0.29, 0.717) is 24.9 Å². The molecular formula is C13H18N4O3. The maximum atomic E-state index is 12.4. The van der Waals surface area contributed by atoms with Crippen LogP contribution in [0.2, 0.25) is 0 Å². The van der Waals surface area contributed by atoms with Gasteiger partial charge < -0.3 is 15.6 Å². The average Bonchev–Trinajstić information content (AvgIpc) is 3.05. The summed E-state index contributed by atoms with van der Waals surface area (Å²) >= 11 is 0. The Balaban J connectivity index is 1.73. The van der Waals surface area contributed by atoms with Crippen LogP contribution in [0.25, 0.3) is 0 Å². The predicted molar refractivity (Wildman–Crippen MR) is 72.2 cm³/mol. The van der Waals surface area contributed by atoms with E-state index in [0.717, 1.165) is 19.3 Å². The quantitative estimate of drug-likeness (QED) is 0.624. The molecule has 3 rings (SSSR count). The third kappa shape index (κ3) is 2.18. The number of hydrogen-bond acceptors (Lipinski definition) is 4. The van der Waals surface area contributed by atoms with Crippen LogP contribution in [-0.2, 0) is 0 Å². The molecule has 0 aromatic carbocycles. The van der Waals surface area contributed by atoms with Crippen LogP contribution in [0.5, 0.6) is 0 Å². The number of nitrogens with two attached hydrogens (primary N) is 1. The Morgan fingerprint density at radius 2 is 2.25 bits per heavy atom. The number of amides is 1. The molecule has 20 heavy (non-hydrogen) atoms. The Hall–Kier alpha value is -1.89. The van der Waals surface area contributed by atoms with Gasteiger partial charge in [0.05, 0.1) is 11.1 Å². The summed E-state index contributed by atoms with van der Waals surface area (Å²) in [7, 11) is 0. The minimum Gasteiger partial charge on any atom is -0.351 e. The van der Waals surface area contributed by atoms with Crippen LogP contribution in [0.1, 0.15) is 29.8 Å². The van der Waals surface area contributed by atoms with Gasteiger partial charge in [0.25, 0.3) is 11.6 Å². The van der Waals surface area contributed by atoms with Crippen molar-refractivity contribution in [2.75, 3.05) is 13.1 Å². The van der Waals surface area contributed by atoms with E-state index in [9.17, 15) is 14.9 Å². The number of rotatable bonds is 2. The summed E-state index contributed by atoms with van der Waals surface area (Å²) in [6.07, 6.45) is 4.52. The molecule has 0 bridgehead atoms. The fraction of sp³-hybridized carbons (Fsp3) is 0.615. The molecule has 3 atom stereocenters. The van der Waals surface area contributed by atoms with Crippen molar-refractivity contribution in [3.05, 3.63) is 28.1 Å². The van der Waals surface area contributed by atoms with Crippen LogP contribution >= 0.6 is 0 Å². The molecule has 2 heterocycles. The first-order chi connectivity index (χ1) is 9.56. The molecule has 1 aromatic rings. The van der Waals surface area contributed by atoms with Gasteiger partial charge in [-0.2, -0.15) is 0 Å². The number of H-pyrrole nitrogens is 1. The topological polar surface area (TPSA) is 105 Å². The van der Waals surface area contributed by atoms with Crippen LogP contribution in [0.4, 0.5) is 5.69 Å². The van der Waals surface area contributed by atoms with Crippen LogP contribution < -0.4 is 5.73 Å². The van der Waals surface area contributed by atoms with E-state index in [4.69, 9.17) is 5.73 Å². The highest BCUT2D eigenvalue weighted by Crippen LogP contribution is 2.36. The highest BCUT2D eigenvalue weighted by molar-refractivity contribution is 5.93. The van der Waals surface area contributed by atoms with Crippen molar-refractivity contribution in [3.63, 3.8) is 0 Å². The van der Waals surface area contributed by atoms with E-state index in [1.807, 2.05) is 0 Å². The van der Waals surface area contributed by atoms with Gasteiger partial charge in [0, 0.05) is 25.2 Å². The summed E-state index contributed by atoms with van der Waals surface area (Å²) in [5, 5.41) is 10.7. The van der Waals surface area contributed by atoms with Gasteiger partial charge >= 0.3 is 0 Å². The molecule has 1 amide bonds. The smallest absolute Gasteiger partial charge is 0.287 e. The SMILES string of the molecule is NC1CCCC2CN(C(=O)c3cc([N+](=O)[O-])c[nH]3)CC12. The summed E-state index contributed by atoms with van der Waals surface area (Å²) in [6.45, 7) is 1.38. The highest BCUT2D eigenvalue weighted by atomic mass is 16.6. The lowest BCUT2D eigenvalue weighted by atomic mass is 9.78. The molecule has 1 aromatic heterocycles. The van der Waals surface area contributed by atoms with Gasteiger partial charge in [-0.15, -0.1) is 0 Å². The van der Waals surface area contributed by atoms with Gasteiger partial charge in [-0.3, -0.25) is 14.9 Å². The molecule has 1 saturated carbocycles. The first kappa shape index (κ1) is 13.1. The molecule has 7 heteroatoms. The van der Waals surface area contributed by atoms with Crippen molar-refractivity contribution >= 4 is 11.6 Å². The number of carbonyl (C=O) groups excluding carboxylic acids is 1. The number of fused-ring (bicyclic) bond motifs is 1. The van der Waals surface area contributed by atoms with Crippen LogP contribution in [0, 0.1) is 22.0 Å². The van der Waals surface area contributed by atoms with E-state index in [2.05, 4.69) is 4.98 Å². The number of carbonyl (C=O) groups is 1. The average molecular weight is 278 g/mol. The zero-order valence-corrected chi connectivity index (χ0v) is 11.1. The second kappa shape index (κ2) is 4.90. The molecule has 2 fully saturated rings. The number of aromatic nitrogens is 1. The fourth-order valence-electron chi connectivity index (χ4n) is 3.46. The Morgan fingerprint density at radius 3 is 2.90 bits per heavy atom. The molecule has 0 spiro atoms.